The number of carbonyl (C=O) groups excluding carboxylic acids is 3. The van der Waals surface area contributed by atoms with Crippen LogP contribution in [0.15, 0.2) is 52.2 Å². The summed E-state index contributed by atoms with van der Waals surface area (Å²) in [5, 5.41) is 9.07. The van der Waals surface area contributed by atoms with Gasteiger partial charge in [0.05, 0.1) is 12.0 Å². The second-order valence-electron chi connectivity index (χ2n) is 7.24. The lowest BCUT2D eigenvalue weighted by Gasteiger charge is -2.22. The van der Waals surface area contributed by atoms with E-state index in [1.165, 1.54) is 11.3 Å². The van der Waals surface area contributed by atoms with Crippen LogP contribution in [-0.2, 0) is 9.59 Å². The van der Waals surface area contributed by atoms with Gasteiger partial charge in [-0.3, -0.25) is 14.5 Å². The summed E-state index contributed by atoms with van der Waals surface area (Å²) in [6, 6.07) is 9.09. The van der Waals surface area contributed by atoms with Gasteiger partial charge in [0.25, 0.3) is 11.8 Å². The van der Waals surface area contributed by atoms with E-state index < -0.39 is 24.0 Å². The van der Waals surface area contributed by atoms with Crippen molar-refractivity contribution in [2.75, 3.05) is 18.6 Å². The highest BCUT2D eigenvalue weighted by atomic mass is 35.5. The zero-order chi connectivity index (χ0) is 22.0. The summed E-state index contributed by atoms with van der Waals surface area (Å²) in [4.78, 5) is 39.0. The normalized spacial score (nSPS) is 20.9. The van der Waals surface area contributed by atoms with Crippen LogP contribution >= 0.6 is 23.4 Å². The highest BCUT2D eigenvalue weighted by Crippen LogP contribution is 2.33. The molecule has 1 fully saturated rings. The molecule has 0 saturated carbocycles. The standard InChI is InChI=1S/C21H21ClN4O4S/c1-31-10-8-15-20(28)25(21(29)23-15)12-19(27)26-17(18-3-2-9-30-18)11-16(24-26)13-4-6-14(22)7-5-13/h2-7,9,15,17H,8,10-12H2,1H3,(H,23,29)/t15-,17+/m1/s1. The number of nitrogens with one attached hydrogen (secondary N) is 1. The number of benzene rings is 1. The molecule has 4 rings (SSSR count). The minimum Gasteiger partial charge on any atom is -0.467 e. The van der Waals surface area contributed by atoms with Gasteiger partial charge >= 0.3 is 6.03 Å². The van der Waals surface area contributed by atoms with Crippen molar-refractivity contribution in [1.82, 2.24) is 15.2 Å². The van der Waals surface area contributed by atoms with Gasteiger partial charge in [-0.05, 0) is 48.3 Å². The highest BCUT2D eigenvalue weighted by molar-refractivity contribution is 7.98. The van der Waals surface area contributed by atoms with E-state index in [1.54, 1.807) is 36.0 Å². The van der Waals surface area contributed by atoms with Crippen molar-refractivity contribution in [2.24, 2.45) is 5.10 Å². The fourth-order valence-corrected chi connectivity index (χ4v) is 4.22. The Balaban J connectivity index is 1.54. The quantitative estimate of drug-likeness (QED) is 0.640. The van der Waals surface area contributed by atoms with Crippen LogP contribution in [0.5, 0.6) is 0 Å². The molecule has 0 spiro atoms. The number of carbonyl (C=O) groups is 3. The van der Waals surface area contributed by atoms with E-state index in [0.29, 0.717) is 29.3 Å². The van der Waals surface area contributed by atoms with Crippen LogP contribution in [0.3, 0.4) is 0 Å². The Hall–Kier alpha value is -2.78. The first-order valence-electron chi connectivity index (χ1n) is 9.77. The van der Waals surface area contributed by atoms with Crippen molar-refractivity contribution in [1.29, 1.82) is 0 Å². The SMILES string of the molecule is CSCC[C@H]1NC(=O)N(CC(=O)N2N=C(c3ccc(Cl)cc3)C[C@H]2c2ccco2)C1=O. The number of halogens is 1. The summed E-state index contributed by atoms with van der Waals surface area (Å²) in [5.41, 5.74) is 1.53. The molecule has 1 saturated heterocycles. The Morgan fingerprint density at radius 3 is 2.74 bits per heavy atom. The zero-order valence-corrected chi connectivity index (χ0v) is 18.4. The number of urea groups is 1. The lowest BCUT2D eigenvalue weighted by Crippen LogP contribution is -2.41. The first kappa shape index (κ1) is 21.5. The molecule has 0 aliphatic carbocycles. The summed E-state index contributed by atoms with van der Waals surface area (Å²) in [5.74, 6) is 0.471. The summed E-state index contributed by atoms with van der Waals surface area (Å²) in [7, 11) is 0. The summed E-state index contributed by atoms with van der Waals surface area (Å²) in [6.07, 6.45) is 4.43. The van der Waals surface area contributed by atoms with Crippen molar-refractivity contribution in [3.63, 3.8) is 0 Å². The maximum atomic E-state index is 13.1. The molecule has 31 heavy (non-hydrogen) atoms. The predicted molar refractivity (Wildman–Crippen MR) is 118 cm³/mol. The fourth-order valence-electron chi connectivity index (χ4n) is 3.63. The molecule has 2 aliphatic rings. The minimum absolute atomic E-state index is 0.380. The second-order valence-corrected chi connectivity index (χ2v) is 8.66. The number of furan rings is 1. The van der Waals surface area contributed by atoms with Crippen molar-refractivity contribution < 1.29 is 18.8 Å². The Bertz CT molecular complexity index is 1010. The maximum Gasteiger partial charge on any atom is 0.325 e. The molecule has 0 unspecified atom stereocenters. The van der Waals surface area contributed by atoms with Gasteiger partial charge < -0.3 is 9.73 Å². The average molecular weight is 461 g/mol. The molecule has 2 atom stereocenters. The van der Waals surface area contributed by atoms with Gasteiger partial charge in [0.1, 0.15) is 24.4 Å². The van der Waals surface area contributed by atoms with E-state index in [9.17, 15) is 14.4 Å². The van der Waals surface area contributed by atoms with Gasteiger partial charge in [0.2, 0.25) is 0 Å². The summed E-state index contributed by atoms with van der Waals surface area (Å²) < 4.78 is 5.52. The van der Waals surface area contributed by atoms with Gasteiger partial charge in [-0.15, -0.1) is 0 Å². The van der Waals surface area contributed by atoms with E-state index >= 15 is 0 Å². The summed E-state index contributed by atoms with van der Waals surface area (Å²) >= 11 is 7.57. The molecule has 0 bridgehead atoms. The van der Waals surface area contributed by atoms with E-state index in [-0.39, 0.29) is 12.5 Å². The number of rotatable bonds is 7. The van der Waals surface area contributed by atoms with Crippen molar-refractivity contribution in [3.05, 3.63) is 59.0 Å². The third-order valence-corrected chi connectivity index (χ3v) is 6.12. The number of hydrogen-bond donors (Lipinski definition) is 1. The van der Waals surface area contributed by atoms with Gasteiger partial charge in [0.15, 0.2) is 0 Å². The van der Waals surface area contributed by atoms with Crippen LogP contribution in [0, 0.1) is 0 Å². The maximum absolute atomic E-state index is 13.1. The van der Waals surface area contributed by atoms with Gasteiger partial charge in [0, 0.05) is 11.4 Å². The van der Waals surface area contributed by atoms with E-state index in [2.05, 4.69) is 10.4 Å². The molecule has 10 heteroatoms. The molecule has 1 aromatic heterocycles. The van der Waals surface area contributed by atoms with Crippen molar-refractivity contribution in [2.45, 2.75) is 24.9 Å². The number of hydrazone groups is 1. The number of nitrogens with zero attached hydrogens (tertiary/aromatic N) is 3. The molecule has 3 heterocycles. The van der Waals surface area contributed by atoms with Crippen LogP contribution < -0.4 is 5.32 Å². The molecular formula is C21H21ClN4O4S. The first-order chi connectivity index (χ1) is 15.0. The Morgan fingerprint density at radius 2 is 2.06 bits per heavy atom. The lowest BCUT2D eigenvalue weighted by molar-refractivity contribution is -0.138. The molecule has 2 aromatic rings. The molecular weight excluding hydrogens is 440 g/mol. The largest absolute Gasteiger partial charge is 0.467 e. The Labute approximate surface area is 188 Å². The molecule has 8 nitrogen and oxygen atoms in total. The monoisotopic (exact) mass is 460 g/mol. The van der Waals surface area contributed by atoms with Crippen LogP contribution in [0.4, 0.5) is 4.79 Å². The average Bonchev–Trinajstić information content (AvgIpc) is 3.49. The number of hydrogen-bond acceptors (Lipinski definition) is 6. The smallest absolute Gasteiger partial charge is 0.325 e. The lowest BCUT2D eigenvalue weighted by atomic mass is 10.0. The van der Waals surface area contributed by atoms with Gasteiger partial charge in [-0.2, -0.15) is 16.9 Å². The van der Waals surface area contributed by atoms with Crippen LogP contribution in [0.25, 0.3) is 0 Å². The van der Waals surface area contributed by atoms with E-state index in [0.717, 1.165) is 16.2 Å². The molecule has 1 aromatic carbocycles. The molecule has 162 valence electrons. The molecule has 4 amide bonds. The van der Waals surface area contributed by atoms with Crippen LogP contribution in [0.2, 0.25) is 5.02 Å². The second kappa shape index (κ2) is 9.15. The third kappa shape index (κ3) is 4.47. The number of thioether (sulfide) groups is 1. The number of amides is 4. The molecule has 2 aliphatic heterocycles. The van der Waals surface area contributed by atoms with Gasteiger partial charge in [-0.1, -0.05) is 23.7 Å². The molecule has 0 radical (unpaired) electrons. The Morgan fingerprint density at radius 1 is 1.29 bits per heavy atom. The minimum atomic E-state index is -0.597. The number of imide groups is 1. The zero-order valence-electron chi connectivity index (χ0n) is 16.8. The van der Waals surface area contributed by atoms with E-state index in [4.69, 9.17) is 16.0 Å². The van der Waals surface area contributed by atoms with E-state index in [1.807, 2.05) is 18.4 Å². The van der Waals surface area contributed by atoms with Crippen LogP contribution in [-0.4, -0.2) is 58.1 Å². The van der Waals surface area contributed by atoms with Crippen molar-refractivity contribution >= 4 is 46.9 Å². The van der Waals surface area contributed by atoms with Crippen LogP contribution in [0.1, 0.15) is 30.2 Å². The molecule has 1 N–H and O–H groups in total. The Kier molecular flexibility index (Phi) is 6.33. The highest BCUT2D eigenvalue weighted by Gasteiger charge is 2.41. The fraction of sp³-hybridized carbons (Fsp3) is 0.333. The third-order valence-electron chi connectivity index (χ3n) is 5.23. The van der Waals surface area contributed by atoms with Gasteiger partial charge in [-0.25, -0.2) is 9.80 Å². The first-order valence-corrected chi connectivity index (χ1v) is 11.5. The summed E-state index contributed by atoms with van der Waals surface area (Å²) in [6.45, 7) is -0.380. The van der Waals surface area contributed by atoms with Crippen molar-refractivity contribution in [3.8, 4) is 0 Å². The predicted octanol–water partition coefficient (Wildman–Crippen LogP) is 3.28. The topological polar surface area (TPSA) is 95.2 Å².